The summed E-state index contributed by atoms with van der Waals surface area (Å²) in [6.07, 6.45) is 0. The Balaban J connectivity index is 1.24. The van der Waals surface area contributed by atoms with Crippen molar-refractivity contribution < 1.29 is 8.83 Å². The monoisotopic (exact) mass is 936 g/mol. The van der Waals surface area contributed by atoms with Crippen LogP contribution in [-0.4, -0.2) is 9.97 Å². The maximum absolute atomic E-state index is 9.95. The molecule has 12 aromatic rings. The molecule has 73 heavy (non-hydrogen) atoms. The molecule has 0 atom stereocenters. The summed E-state index contributed by atoms with van der Waals surface area (Å²) in [4.78, 5) is 19.1. The molecule has 0 amide bonds. The van der Waals surface area contributed by atoms with E-state index >= 15 is 0 Å². The van der Waals surface area contributed by atoms with Crippen LogP contribution in [0, 0.1) is 17.9 Å². The third-order valence-corrected chi connectivity index (χ3v) is 13.8. The van der Waals surface area contributed by atoms with E-state index in [-0.39, 0.29) is 0 Å². The van der Waals surface area contributed by atoms with Crippen molar-refractivity contribution in [1.29, 1.82) is 5.26 Å². The maximum atomic E-state index is 9.95. The molecular weight excluding hydrogens is 897 g/mol. The molecule has 0 bridgehead atoms. The molecule has 0 radical (unpaired) electrons. The Hall–Kier alpha value is -10.3. The van der Waals surface area contributed by atoms with E-state index in [0.717, 1.165) is 78.6 Å². The lowest BCUT2D eigenvalue weighted by atomic mass is 9.67. The molecule has 2 heterocycles. The highest BCUT2D eigenvalue weighted by molar-refractivity contribution is 6.15. The van der Waals surface area contributed by atoms with Gasteiger partial charge in [0.1, 0.15) is 11.0 Å². The fourth-order valence-electron chi connectivity index (χ4n) is 10.6. The van der Waals surface area contributed by atoms with Crippen LogP contribution in [-0.2, 0) is 5.41 Å². The van der Waals surface area contributed by atoms with Gasteiger partial charge in [-0.2, -0.15) is 5.26 Å². The number of para-hydroxylation sites is 2. The zero-order chi connectivity index (χ0) is 48.9. The van der Waals surface area contributed by atoms with Crippen molar-refractivity contribution in [2.75, 3.05) is 9.80 Å². The number of hydrogen-bond acceptors (Lipinski definition) is 7. The first kappa shape index (κ1) is 42.8. The predicted molar refractivity (Wildman–Crippen MR) is 290 cm³/mol. The standard InChI is InChI=1S/C65H40N6O2/c1-67-48-34-38-52(39-35-48)71(50-30-18-7-19-31-50)56-41-54-58(62-60(56)69-64(73-62)45-22-10-3-11-23-45)57-53(65(54,46-24-12-4-13-25-46)47-26-14-5-15-27-47)40-55(59-61(57)72-63(68-59)44-20-8-2-9-21-44)70(49-28-16-6-17-29-49)51-36-32-43(42-66)33-37-51/h2-41H. The van der Waals surface area contributed by atoms with Crippen LogP contribution in [0.25, 0.3) is 61.1 Å². The Labute approximate surface area is 421 Å². The molecular formula is C65H40N6O2. The van der Waals surface area contributed by atoms with Gasteiger partial charge in [-0.25, -0.2) is 14.8 Å². The topological polar surface area (TPSA) is 86.7 Å². The number of oxazole rings is 2. The lowest BCUT2D eigenvalue weighted by Gasteiger charge is -2.35. The van der Waals surface area contributed by atoms with Crippen molar-refractivity contribution in [2.45, 2.75) is 5.41 Å². The first-order valence-electron chi connectivity index (χ1n) is 24.0. The summed E-state index contributed by atoms with van der Waals surface area (Å²) in [5, 5.41) is 9.95. The van der Waals surface area contributed by atoms with Crippen molar-refractivity contribution >= 4 is 62.0 Å². The Morgan fingerprint density at radius 3 is 1.18 bits per heavy atom. The fraction of sp³-hybridized carbons (Fsp3) is 0.0154. The van der Waals surface area contributed by atoms with Crippen molar-refractivity contribution in [3.8, 4) is 40.1 Å². The number of benzene rings is 10. The van der Waals surface area contributed by atoms with Crippen LogP contribution < -0.4 is 9.80 Å². The first-order valence-corrected chi connectivity index (χ1v) is 24.0. The number of aromatic nitrogens is 2. The average molecular weight is 937 g/mol. The Bertz CT molecular complexity index is 3800. The van der Waals surface area contributed by atoms with E-state index < -0.39 is 5.41 Å². The van der Waals surface area contributed by atoms with Crippen molar-refractivity contribution in [3.63, 3.8) is 0 Å². The summed E-state index contributed by atoms with van der Waals surface area (Å²) < 4.78 is 14.6. The van der Waals surface area contributed by atoms with Crippen LogP contribution in [0.15, 0.2) is 251 Å². The van der Waals surface area contributed by atoms with Gasteiger partial charge < -0.3 is 18.6 Å². The first-order chi connectivity index (χ1) is 36.1. The van der Waals surface area contributed by atoms with E-state index in [1.54, 1.807) is 0 Å². The number of rotatable bonds is 10. The van der Waals surface area contributed by atoms with Gasteiger partial charge in [-0.15, -0.1) is 0 Å². The van der Waals surface area contributed by atoms with Gasteiger partial charge in [-0.3, -0.25) is 0 Å². The number of nitrogens with zero attached hydrogens (tertiary/aromatic N) is 6. The SMILES string of the molecule is [C-]#[N+]c1ccc(N(c2ccccc2)c2cc3c(c4oc(-c5ccccc5)nc24)-c2c(cc(N(c4ccccc4)c4ccc(C#N)cc4)c4nc(-c5ccccc5)oc24)C3(c2ccccc2)c2ccccc2)cc1. The molecule has 0 saturated carbocycles. The highest BCUT2D eigenvalue weighted by Crippen LogP contribution is 2.63. The normalized spacial score (nSPS) is 12.2. The zero-order valence-electron chi connectivity index (χ0n) is 39.1. The molecule has 0 saturated heterocycles. The summed E-state index contributed by atoms with van der Waals surface area (Å²) in [5.41, 5.74) is 14.9. The number of anilines is 6. The number of fused-ring (bicyclic) bond motifs is 7. The Morgan fingerprint density at radius 1 is 0.438 bits per heavy atom. The van der Waals surface area contributed by atoms with Crippen LogP contribution in [0.1, 0.15) is 27.8 Å². The third kappa shape index (κ3) is 6.97. The summed E-state index contributed by atoms with van der Waals surface area (Å²) >= 11 is 0. The quantitative estimate of drug-likeness (QED) is 0.126. The molecule has 8 nitrogen and oxygen atoms in total. The average Bonchev–Trinajstić information content (AvgIpc) is 4.20. The van der Waals surface area contributed by atoms with E-state index in [4.69, 9.17) is 25.4 Å². The predicted octanol–water partition coefficient (Wildman–Crippen LogP) is 17.0. The lowest BCUT2D eigenvalue weighted by Crippen LogP contribution is -2.29. The van der Waals surface area contributed by atoms with Crippen LogP contribution in [0.2, 0.25) is 0 Å². The van der Waals surface area contributed by atoms with Gasteiger partial charge in [0.2, 0.25) is 11.8 Å². The molecule has 2 aromatic heterocycles. The Kier molecular flexibility index (Phi) is 10.3. The third-order valence-electron chi connectivity index (χ3n) is 13.8. The van der Waals surface area contributed by atoms with E-state index in [2.05, 4.69) is 118 Å². The maximum Gasteiger partial charge on any atom is 0.227 e. The molecule has 8 heteroatoms. The molecule has 0 unspecified atom stereocenters. The highest BCUT2D eigenvalue weighted by atomic mass is 16.4. The minimum absolute atomic E-state index is 0.463. The minimum Gasteiger partial charge on any atom is -0.435 e. The number of nitriles is 1. The zero-order valence-corrected chi connectivity index (χ0v) is 39.1. The lowest BCUT2D eigenvalue weighted by molar-refractivity contribution is 0.616. The van der Waals surface area contributed by atoms with Gasteiger partial charge in [0, 0.05) is 45.0 Å². The summed E-state index contributed by atoms with van der Waals surface area (Å²) in [6, 6.07) is 84.1. The summed E-state index contributed by atoms with van der Waals surface area (Å²) in [7, 11) is 0. The van der Waals surface area contributed by atoms with Gasteiger partial charge in [0.15, 0.2) is 16.9 Å². The largest absolute Gasteiger partial charge is 0.435 e. The van der Waals surface area contributed by atoms with Gasteiger partial charge in [-0.05, 0) is 119 Å². The van der Waals surface area contributed by atoms with E-state index in [1.165, 1.54) is 0 Å². The van der Waals surface area contributed by atoms with Crippen LogP contribution >= 0.6 is 0 Å². The van der Waals surface area contributed by atoms with Gasteiger partial charge in [0.05, 0.1) is 35.0 Å². The molecule has 13 rings (SSSR count). The van der Waals surface area contributed by atoms with Crippen molar-refractivity contribution in [1.82, 2.24) is 9.97 Å². The second kappa shape index (κ2) is 17.6. The van der Waals surface area contributed by atoms with Crippen molar-refractivity contribution in [2.24, 2.45) is 0 Å². The molecule has 1 aliphatic carbocycles. The Morgan fingerprint density at radius 2 is 0.795 bits per heavy atom. The fourth-order valence-corrected chi connectivity index (χ4v) is 10.6. The smallest absolute Gasteiger partial charge is 0.227 e. The summed E-state index contributed by atoms with van der Waals surface area (Å²) in [5.74, 6) is 0.927. The van der Waals surface area contributed by atoms with Gasteiger partial charge in [0.25, 0.3) is 0 Å². The summed E-state index contributed by atoms with van der Waals surface area (Å²) in [6.45, 7) is 7.82. The van der Waals surface area contributed by atoms with Gasteiger partial charge in [-0.1, -0.05) is 146 Å². The van der Waals surface area contributed by atoms with E-state index in [9.17, 15) is 5.26 Å². The molecule has 0 spiro atoms. The molecule has 342 valence electrons. The molecule has 10 aromatic carbocycles. The number of hydrogen-bond donors (Lipinski definition) is 0. The molecule has 0 fully saturated rings. The van der Waals surface area contributed by atoms with Crippen LogP contribution in [0.5, 0.6) is 0 Å². The van der Waals surface area contributed by atoms with E-state index in [1.807, 2.05) is 146 Å². The molecule has 0 N–H and O–H groups in total. The van der Waals surface area contributed by atoms with Gasteiger partial charge >= 0.3 is 0 Å². The molecule has 0 aliphatic heterocycles. The van der Waals surface area contributed by atoms with E-state index in [0.29, 0.717) is 45.2 Å². The second-order valence-electron chi connectivity index (χ2n) is 17.9. The minimum atomic E-state index is -1.01. The second-order valence-corrected chi connectivity index (χ2v) is 17.9. The van der Waals surface area contributed by atoms with Crippen molar-refractivity contribution in [3.05, 3.63) is 282 Å². The highest BCUT2D eigenvalue weighted by Gasteiger charge is 2.51. The molecule has 1 aliphatic rings. The van der Waals surface area contributed by atoms with Crippen LogP contribution in [0.3, 0.4) is 0 Å². The van der Waals surface area contributed by atoms with Crippen LogP contribution in [0.4, 0.5) is 39.8 Å².